The number of carbonyl (C=O) groups is 1. The molecule has 0 saturated carbocycles. The van der Waals surface area contributed by atoms with E-state index in [1.54, 1.807) is 30.3 Å². The van der Waals surface area contributed by atoms with Crippen molar-refractivity contribution in [2.45, 2.75) is 6.61 Å². The summed E-state index contributed by atoms with van der Waals surface area (Å²) in [5.74, 6) is -0.166. The molecule has 31 heavy (non-hydrogen) atoms. The number of ether oxygens (including phenoxy) is 1. The van der Waals surface area contributed by atoms with Crippen LogP contribution in [0, 0.1) is 0 Å². The lowest BCUT2D eigenvalue weighted by molar-refractivity contribution is 0.103. The zero-order valence-corrected chi connectivity index (χ0v) is 17.1. The van der Waals surface area contributed by atoms with E-state index in [0.29, 0.717) is 23.1 Å². The number of ketones is 1. The zero-order chi connectivity index (χ0) is 21.8. The van der Waals surface area contributed by atoms with Crippen LogP contribution in [0.4, 0.5) is 0 Å². The van der Waals surface area contributed by atoms with Crippen LogP contribution in [0.5, 0.6) is 11.5 Å². The van der Waals surface area contributed by atoms with E-state index in [2.05, 4.69) is 0 Å². The summed E-state index contributed by atoms with van der Waals surface area (Å²) in [7, 11) is 0. The average molecular weight is 432 g/mol. The standard InChI is InChI=1S/C25H18ClNO4/c26-19-7-4-8-20(13-19)27-15-18(9-12-24(27)29)25(30)22-11-10-21(14-23(22)28)31-16-17-5-2-1-3-6-17/h1-15,28H,16H2. The van der Waals surface area contributed by atoms with E-state index in [4.69, 9.17) is 16.3 Å². The van der Waals surface area contributed by atoms with Crippen LogP contribution in [-0.4, -0.2) is 15.5 Å². The second-order valence-electron chi connectivity index (χ2n) is 6.89. The number of carbonyl (C=O) groups excluding carboxylic acids is 1. The average Bonchev–Trinajstić information content (AvgIpc) is 2.78. The van der Waals surface area contributed by atoms with Crippen LogP contribution >= 0.6 is 11.6 Å². The molecule has 0 aliphatic rings. The number of phenols is 1. The molecule has 5 nitrogen and oxygen atoms in total. The molecule has 6 heteroatoms. The van der Waals surface area contributed by atoms with Gasteiger partial charge in [-0.25, -0.2) is 0 Å². The first kappa shape index (κ1) is 20.4. The molecule has 1 aromatic heterocycles. The number of rotatable bonds is 6. The maximum Gasteiger partial charge on any atom is 0.255 e. The molecule has 0 radical (unpaired) electrons. The van der Waals surface area contributed by atoms with Gasteiger partial charge in [-0.2, -0.15) is 0 Å². The van der Waals surface area contributed by atoms with Crippen LogP contribution in [-0.2, 0) is 6.61 Å². The van der Waals surface area contributed by atoms with Crippen molar-refractivity contribution in [3.05, 3.63) is 123 Å². The summed E-state index contributed by atoms with van der Waals surface area (Å²) in [5.41, 5.74) is 1.61. The van der Waals surface area contributed by atoms with Crippen molar-refractivity contribution in [2.24, 2.45) is 0 Å². The molecule has 0 aliphatic carbocycles. The lowest BCUT2D eigenvalue weighted by Gasteiger charge is -2.11. The molecular weight excluding hydrogens is 414 g/mol. The molecule has 0 saturated heterocycles. The number of aromatic hydroxyl groups is 1. The summed E-state index contributed by atoms with van der Waals surface area (Å²) in [6, 6.07) is 23.7. The molecule has 3 aromatic carbocycles. The van der Waals surface area contributed by atoms with Crippen molar-refractivity contribution in [3.63, 3.8) is 0 Å². The Bertz CT molecular complexity index is 1300. The van der Waals surface area contributed by atoms with E-state index in [1.165, 1.54) is 35.0 Å². The second kappa shape index (κ2) is 8.90. The van der Waals surface area contributed by atoms with Crippen LogP contribution < -0.4 is 10.3 Å². The van der Waals surface area contributed by atoms with Gasteiger partial charge in [0.2, 0.25) is 0 Å². The fourth-order valence-electron chi connectivity index (χ4n) is 3.14. The first-order chi connectivity index (χ1) is 15.0. The van der Waals surface area contributed by atoms with Gasteiger partial charge >= 0.3 is 0 Å². The molecule has 0 unspecified atom stereocenters. The van der Waals surface area contributed by atoms with Gasteiger partial charge in [0.15, 0.2) is 5.78 Å². The van der Waals surface area contributed by atoms with Crippen molar-refractivity contribution < 1.29 is 14.6 Å². The number of phenolic OH excluding ortho intramolecular Hbond substituents is 1. The Morgan fingerprint density at radius 1 is 0.935 bits per heavy atom. The van der Waals surface area contributed by atoms with Crippen molar-refractivity contribution in [1.29, 1.82) is 0 Å². The highest BCUT2D eigenvalue weighted by atomic mass is 35.5. The van der Waals surface area contributed by atoms with Gasteiger partial charge in [0.05, 0.1) is 11.3 Å². The molecule has 4 rings (SSSR count). The predicted molar refractivity (Wildman–Crippen MR) is 119 cm³/mol. The molecule has 0 amide bonds. The highest BCUT2D eigenvalue weighted by Crippen LogP contribution is 2.26. The molecule has 0 bridgehead atoms. The van der Waals surface area contributed by atoms with E-state index >= 15 is 0 Å². The largest absolute Gasteiger partial charge is 0.507 e. The lowest BCUT2D eigenvalue weighted by atomic mass is 10.0. The van der Waals surface area contributed by atoms with Gasteiger partial charge in [-0.15, -0.1) is 0 Å². The highest BCUT2D eigenvalue weighted by Gasteiger charge is 2.16. The first-order valence-electron chi connectivity index (χ1n) is 9.54. The molecule has 0 fully saturated rings. The minimum atomic E-state index is -0.414. The molecule has 4 aromatic rings. The van der Waals surface area contributed by atoms with Crippen molar-refractivity contribution >= 4 is 17.4 Å². The summed E-state index contributed by atoms with van der Waals surface area (Å²) in [6.45, 7) is 0.345. The van der Waals surface area contributed by atoms with E-state index in [0.717, 1.165) is 5.56 Å². The Kier molecular flexibility index (Phi) is 5.87. The highest BCUT2D eigenvalue weighted by molar-refractivity contribution is 6.30. The van der Waals surface area contributed by atoms with E-state index < -0.39 is 5.78 Å². The summed E-state index contributed by atoms with van der Waals surface area (Å²) in [6.07, 6.45) is 1.44. The van der Waals surface area contributed by atoms with Crippen molar-refractivity contribution in [1.82, 2.24) is 4.57 Å². The minimum absolute atomic E-state index is 0.114. The van der Waals surface area contributed by atoms with Crippen LogP contribution in [0.25, 0.3) is 5.69 Å². The fourth-order valence-corrected chi connectivity index (χ4v) is 3.32. The number of halogens is 1. The van der Waals surface area contributed by atoms with Crippen LogP contribution in [0.2, 0.25) is 5.02 Å². The van der Waals surface area contributed by atoms with Crippen molar-refractivity contribution in [3.8, 4) is 17.2 Å². The third-order valence-corrected chi connectivity index (χ3v) is 4.96. The minimum Gasteiger partial charge on any atom is -0.507 e. The number of benzene rings is 3. The topological polar surface area (TPSA) is 68.5 Å². The Morgan fingerprint density at radius 2 is 1.74 bits per heavy atom. The summed E-state index contributed by atoms with van der Waals surface area (Å²) in [5, 5.41) is 10.9. The number of nitrogens with zero attached hydrogens (tertiary/aromatic N) is 1. The maximum absolute atomic E-state index is 13.0. The molecule has 1 heterocycles. The van der Waals surface area contributed by atoms with Gasteiger partial charge in [0.1, 0.15) is 18.1 Å². The third kappa shape index (κ3) is 4.68. The molecule has 1 N–H and O–H groups in total. The second-order valence-corrected chi connectivity index (χ2v) is 7.32. The molecule has 0 atom stereocenters. The Morgan fingerprint density at radius 3 is 2.48 bits per heavy atom. The van der Waals surface area contributed by atoms with E-state index in [1.807, 2.05) is 30.3 Å². The van der Waals surface area contributed by atoms with Crippen LogP contribution in [0.3, 0.4) is 0 Å². The summed E-state index contributed by atoms with van der Waals surface area (Å²) >= 11 is 6.02. The smallest absolute Gasteiger partial charge is 0.255 e. The molecule has 0 aliphatic heterocycles. The number of pyridine rings is 1. The SMILES string of the molecule is O=C(c1ccc(=O)n(-c2cccc(Cl)c2)c1)c1ccc(OCc2ccccc2)cc1O. The zero-order valence-electron chi connectivity index (χ0n) is 16.4. The van der Waals surface area contributed by atoms with Gasteiger partial charge in [-0.05, 0) is 42.0 Å². The fraction of sp³-hybridized carbons (Fsp3) is 0.0400. The first-order valence-corrected chi connectivity index (χ1v) is 9.92. The van der Waals surface area contributed by atoms with E-state index in [9.17, 15) is 14.7 Å². The maximum atomic E-state index is 13.0. The Balaban J connectivity index is 1.58. The van der Waals surface area contributed by atoms with Gasteiger partial charge in [0.25, 0.3) is 5.56 Å². The lowest BCUT2D eigenvalue weighted by Crippen LogP contribution is -2.18. The van der Waals surface area contributed by atoms with Crippen LogP contribution in [0.15, 0.2) is 95.9 Å². The normalized spacial score (nSPS) is 10.6. The quantitative estimate of drug-likeness (QED) is 0.436. The summed E-state index contributed by atoms with van der Waals surface area (Å²) < 4.78 is 7.03. The molecule has 0 spiro atoms. The molecular formula is C25H18ClNO4. The monoisotopic (exact) mass is 431 g/mol. The van der Waals surface area contributed by atoms with E-state index in [-0.39, 0.29) is 22.4 Å². The molecule has 154 valence electrons. The van der Waals surface area contributed by atoms with Gasteiger partial charge < -0.3 is 9.84 Å². The van der Waals surface area contributed by atoms with Crippen LogP contribution in [0.1, 0.15) is 21.5 Å². The van der Waals surface area contributed by atoms with Gasteiger partial charge in [0, 0.05) is 28.9 Å². The van der Waals surface area contributed by atoms with Gasteiger partial charge in [-0.3, -0.25) is 14.2 Å². The van der Waals surface area contributed by atoms with Gasteiger partial charge in [-0.1, -0.05) is 48.0 Å². The summed E-state index contributed by atoms with van der Waals surface area (Å²) in [4.78, 5) is 25.3. The Hall–Kier alpha value is -3.83. The number of aromatic nitrogens is 1. The number of hydrogen-bond donors (Lipinski definition) is 1. The van der Waals surface area contributed by atoms with Crippen molar-refractivity contribution in [2.75, 3.05) is 0 Å². The third-order valence-electron chi connectivity index (χ3n) is 4.72. The number of hydrogen-bond acceptors (Lipinski definition) is 4. The predicted octanol–water partition coefficient (Wildman–Crippen LogP) is 5.01. The Labute approximate surface area is 183 Å².